The van der Waals surface area contributed by atoms with Gasteiger partial charge in [-0.2, -0.15) is 4.98 Å². The Morgan fingerprint density at radius 2 is 2.26 bits per heavy atom. The van der Waals surface area contributed by atoms with Crippen molar-refractivity contribution < 1.29 is 24.0 Å². The van der Waals surface area contributed by atoms with Crippen molar-refractivity contribution in [3.8, 4) is 11.8 Å². The van der Waals surface area contributed by atoms with Crippen molar-refractivity contribution >= 4 is 23.3 Å². The Labute approximate surface area is 110 Å². The summed E-state index contributed by atoms with van der Waals surface area (Å²) < 4.78 is 9.80. The van der Waals surface area contributed by atoms with E-state index in [1.54, 1.807) is 0 Å². The number of ether oxygens (including phenoxy) is 1. The number of hydrogen-bond acceptors (Lipinski definition) is 6. The van der Waals surface area contributed by atoms with Crippen LogP contribution in [0.1, 0.15) is 10.5 Å². The van der Waals surface area contributed by atoms with E-state index in [4.69, 9.17) is 25.9 Å². The molecule has 0 saturated carbocycles. The third-order valence-electron chi connectivity index (χ3n) is 2.03. The number of carbonyl (C=O) groups is 1. The van der Waals surface area contributed by atoms with Crippen LogP contribution < -0.4 is 4.74 Å². The van der Waals surface area contributed by atoms with Crippen molar-refractivity contribution in [3.05, 3.63) is 45.3 Å². The maximum atomic E-state index is 10.6. The van der Waals surface area contributed by atoms with Crippen LogP contribution in [-0.2, 0) is 0 Å². The molecular weight excluding hydrogens is 280 g/mol. The van der Waals surface area contributed by atoms with E-state index < -0.39 is 10.9 Å². The molecule has 2 rings (SSSR count). The zero-order chi connectivity index (χ0) is 14.0. The lowest BCUT2D eigenvalue weighted by molar-refractivity contribution is -0.384. The summed E-state index contributed by atoms with van der Waals surface area (Å²) >= 11 is 5.79. The van der Waals surface area contributed by atoms with E-state index >= 15 is 0 Å². The van der Waals surface area contributed by atoms with Crippen molar-refractivity contribution in [1.29, 1.82) is 0 Å². The van der Waals surface area contributed by atoms with Gasteiger partial charge in [0.25, 0.3) is 5.69 Å². The second-order valence-corrected chi connectivity index (χ2v) is 3.68. The molecule has 1 N–H and O–H groups in total. The van der Waals surface area contributed by atoms with Crippen LogP contribution in [0.2, 0.25) is 5.02 Å². The number of nitrogens with zero attached hydrogens (tertiary/aromatic N) is 2. The van der Waals surface area contributed by atoms with E-state index in [0.717, 1.165) is 12.3 Å². The van der Waals surface area contributed by atoms with Crippen molar-refractivity contribution in [2.24, 2.45) is 0 Å². The van der Waals surface area contributed by atoms with Crippen LogP contribution in [0.4, 0.5) is 5.69 Å². The molecule has 1 heterocycles. The normalized spacial score (nSPS) is 10.2. The molecule has 19 heavy (non-hydrogen) atoms. The molecule has 8 nitrogen and oxygen atoms in total. The van der Waals surface area contributed by atoms with Crippen LogP contribution in [0, 0.1) is 10.1 Å². The van der Waals surface area contributed by atoms with Crippen LogP contribution in [-0.4, -0.2) is 21.0 Å². The second kappa shape index (κ2) is 4.94. The number of carboxylic acid groups (broad SMARTS) is 1. The van der Waals surface area contributed by atoms with Gasteiger partial charge in [-0.05, 0) is 6.07 Å². The Bertz CT molecular complexity index is 653. The van der Waals surface area contributed by atoms with Gasteiger partial charge in [0.05, 0.1) is 16.0 Å². The van der Waals surface area contributed by atoms with Gasteiger partial charge in [0.2, 0.25) is 0 Å². The fraction of sp³-hybridized carbons (Fsp3) is 0. The molecule has 98 valence electrons. The summed E-state index contributed by atoms with van der Waals surface area (Å²) in [6.45, 7) is 0. The Kier molecular flexibility index (Phi) is 3.34. The van der Waals surface area contributed by atoms with Crippen LogP contribution in [0.5, 0.6) is 11.8 Å². The SMILES string of the molecule is O=C(O)c1coc(Oc2cc([N+](=O)[O-])ccc2Cl)n1. The topological polar surface area (TPSA) is 116 Å². The highest BCUT2D eigenvalue weighted by Gasteiger charge is 2.16. The van der Waals surface area contributed by atoms with Gasteiger partial charge in [0.1, 0.15) is 6.26 Å². The first kappa shape index (κ1) is 12.8. The van der Waals surface area contributed by atoms with Gasteiger partial charge in [0, 0.05) is 6.07 Å². The zero-order valence-electron chi connectivity index (χ0n) is 9.07. The lowest BCUT2D eigenvalue weighted by Crippen LogP contribution is -1.96. The first-order chi connectivity index (χ1) is 8.97. The first-order valence-electron chi connectivity index (χ1n) is 4.78. The number of rotatable bonds is 4. The molecule has 0 atom stereocenters. The standard InChI is InChI=1S/C10H5ClN2O6/c11-6-2-1-5(13(16)17)3-8(6)19-10-12-7(4-18-10)9(14)15/h1-4H,(H,14,15). The molecule has 0 bridgehead atoms. The van der Waals surface area contributed by atoms with E-state index in [1.807, 2.05) is 0 Å². The van der Waals surface area contributed by atoms with Gasteiger partial charge in [-0.25, -0.2) is 4.79 Å². The Morgan fingerprint density at radius 1 is 1.53 bits per heavy atom. The molecule has 1 aromatic carbocycles. The van der Waals surface area contributed by atoms with Crippen LogP contribution in [0.3, 0.4) is 0 Å². The molecule has 0 saturated heterocycles. The van der Waals surface area contributed by atoms with Crippen molar-refractivity contribution in [2.45, 2.75) is 0 Å². The summed E-state index contributed by atoms with van der Waals surface area (Å²) in [5.41, 5.74) is -0.582. The van der Waals surface area contributed by atoms with Crippen molar-refractivity contribution in [2.75, 3.05) is 0 Å². The lowest BCUT2D eigenvalue weighted by Gasteiger charge is -2.02. The van der Waals surface area contributed by atoms with Gasteiger partial charge < -0.3 is 14.3 Å². The Morgan fingerprint density at radius 3 is 2.84 bits per heavy atom. The molecule has 0 radical (unpaired) electrons. The minimum Gasteiger partial charge on any atom is -0.476 e. The number of halogens is 1. The molecule has 0 unspecified atom stereocenters. The minimum atomic E-state index is -1.29. The van der Waals surface area contributed by atoms with E-state index in [0.29, 0.717) is 0 Å². The molecule has 0 amide bonds. The number of benzene rings is 1. The summed E-state index contributed by atoms with van der Waals surface area (Å²) in [7, 11) is 0. The first-order valence-corrected chi connectivity index (χ1v) is 5.16. The zero-order valence-corrected chi connectivity index (χ0v) is 9.83. The fourth-order valence-corrected chi connectivity index (χ4v) is 1.34. The average molecular weight is 285 g/mol. The van der Waals surface area contributed by atoms with Crippen molar-refractivity contribution in [1.82, 2.24) is 4.98 Å². The molecule has 9 heteroatoms. The number of nitro benzene ring substituents is 1. The molecule has 0 fully saturated rings. The van der Waals surface area contributed by atoms with Crippen molar-refractivity contribution in [3.63, 3.8) is 0 Å². The van der Waals surface area contributed by atoms with Gasteiger partial charge in [0.15, 0.2) is 11.4 Å². The van der Waals surface area contributed by atoms with Gasteiger partial charge in [-0.15, -0.1) is 0 Å². The highest BCUT2D eigenvalue weighted by molar-refractivity contribution is 6.32. The number of non-ortho nitro benzene ring substituents is 1. The Hall–Kier alpha value is -2.61. The maximum absolute atomic E-state index is 10.6. The second-order valence-electron chi connectivity index (χ2n) is 3.28. The van der Waals surface area contributed by atoms with E-state index in [-0.39, 0.29) is 28.2 Å². The molecule has 0 spiro atoms. The molecular formula is C10H5ClN2O6. The Balaban J connectivity index is 2.29. The summed E-state index contributed by atoms with van der Waals surface area (Å²) in [4.78, 5) is 24.1. The molecule has 0 aliphatic rings. The molecule has 1 aromatic heterocycles. The highest BCUT2D eigenvalue weighted by Crippen LogP contribution is 2.32. The van der Waals surface area contributed by atoms with E-state index in [1.165, 1.54) is 12.1 Å². The quantitative estimate of drug-likeness (QED) is 0.677. The third kappa shape index (κ3) is 2.80. The van der Waals surface area contributed by atoms with Gasteiger partial charge >= 0.3 is 12.0 Å². The highest BCUT2D eigenvalue weighted by atomic mass is 35.5. The van der Waals surface area contributed by atoms with Gasteiger partial charge in [-0.1, -0.05) is 11.6 Å². The van der Waals surface area contributed by atoms with Gasteiger partial charge in [-0.3, -0.25) is 10.1 Å². The molecule has 0 aliphatic heterocycles. The molecule has 0 aliphatic carbocycles. The minimum absolute atomic E-state index is 0.0605. The monoisotopic (exact) mass is 284 g/mol. The number of aromatic nitrogens is 1. The summed E-state index contributed by atoms with van der Waals surface area (Å²) in [6, 6.07) is 3.55. The number of nitro groups is 1. The largest absolute Gasteiger partial charge is 0.476 e. The summed E-state index contributed by atoms with van der Waals surface area (Å²) in [6.07, 6.45) is 0.503. The number of hydrogen-bond donors (Lipinski definition) is 1. The number of aromatic carboxylic acids is 1. The molecule has 2 aromatic rings. The predicted molar refractivity (Wildman–Crippen MR) is 61.6 cm³/mol. The maximum Gasteiger partial charge on any atom is 0.399 e. The fourth-order valence-electron chi connectivity index (χ4n) is 1.18. The van der Waals surface area contributed by atoms with E-state index in [2.05, 4.69) is 4.98 Å². The third-order valence-corrected chi connectivity index (χ3v) is 2.34. The summed E-state index contributed by atoms with van der Waals surface area (Å²) in [5.74, 6) is -1.35. The smallest absolute Gasteiger partial charge is 0.399 e. The van der Waals surface area contributed by atoms with Crippen LogP contribution >= 0.6 is 11.6 Å². The average Bonchev–Trinajstić information content (AvgIpc) is 2.80. The number of oxazole rings is 1. The lowest BCUT2D eigenvalue weighted by atomic mass is 10.3. The predicted octanol–water partition coefficient (Wildman–Crippen LogP) is 2.73. The van der Waals surface area contributed by atoms with E-state index in [9.17, 15) is 14.9 Å². The van der Waals surface area contributed by atoms with Crippen LogP contribution in [0.25, 0.3) is 0 Å². The summed E-state index contributed by atoms with van der Waals surface area (Å²) in [5, 5.41) is 19.3. The number of carboxylic acids is 1. The van der Waals surface area contributed by atoms with Crippen LogP contribution in [0.15, 0.2) is 28.9 Å².